The van der Waals surface area contributed by atoms with Crippen LogP contribution in [0, 0.1) is 5.92 Å². The predicted molar refractivity (Wildman–Crippen MR) is 169 cm³/mol. The van der Waals surface area contributed by atoms with Gasteiger partial charge < -0.3 is 10.2 Å². The van der Waals surface area contributed by atoms with Gasteiger partial charge in [0.1, 0.15) is 0 Å². The molecule has 0 aliphatic carbocycles. The van der Waals surface area contributed by atoms with E-state index in [1.54, 1.807) is 0 Å². The topological polar surface area (TPSA) is 15.3 Å². The van der Waals surface area contributed by atoms with Crippen LogP contribution in [-0.2, 0) is 0 Å². The average Bonchev–Trinajstić information content (AvgIpc) is 2.88. The highest BCUT2D eigenvalue weighted by Gasteiger charge is 2.20. The molecule has 0 heterocycles. The Balaban J connectivity index is 1.88. The summed E-state index contributed by atoms with van der Waals surface area (Å²) in [5.41, 5.74) is 10.1. The lowest BCUT2D eigenvalue weighted by Gasteiger charge is -2.28. The number of hydrogen-bond acceptors (Lipinski definition) is 2. The Labute approximate surface area is 230 Å². The van der Waals surface area contributed by atoms with Crippen molar-refractivity contribution in [3.05, 3.63) is 102 Å². The number of rotatable bonds is 10. The third kappa shape index (κ3) is 6.13. The SMILES string of the molecule is C=C(CC(C)C)CN(C)c1ccc2ccccc2c1Nc1c(C(C)C)cc(-c2ccccc2)cc1C(C)C. The van der Waals surface area contributed by atoms with Crippen LogP contribution in [0.1, 0.15) is 70.9 Å². The van der Waals surface area contributed by atoms with Crippen LogP contribution in [0.5, 0.6) is 0 Å². The van der Waals surface area contributed by atoms with Crippen LogP contribution in [0.2, 0.25) is 0 Å². The summed E-state index contributed by atoms with van der Waals surface area (Å²) in [7, 11) is 2.19. The molecule has 38 heavy (non-hydrogen) atoms. The molecule has 2 nitrogen and oxygen atoms in total. The van der Waals surface area contributed by atoms with Crippen LogP contribution < -0.4 is 10.2 Å². The van der Waals surface area contributed by atoms with Gasteiger partial charge >= 0.3 is 0 Å². The molecule has 0 aliphatic heterocycles. The summed E-state index contributed by atoms with van der Waals surface area (Å²) >= 11 is 0. The van der Waals surface area contributed by atoms with Crippen LogP contribution >= 0.6 is 0 Å². The zero-order valence-electron chi connectivity index (χ0n) is 24.3. The second-order valence-corrected chi connectivity index (χ2v) is 11.7. The molecular weight excluding hydrogens is 460 g/mol. The monoisotopic (exact) mass is 504 g/mol. The van der Waals surface area contributed by atoms with Crippen LogP contribution in [0.25, 0.3) is 21.9 Å². The molecule has 4 aromatic rings. The molecule has 0 bridgehead atoms. The lowest BCUT2D eigenvalue weighted by molar-refractivity contribution is 0.634. The molecule has 1 N–H and O–H groups in total. The van der Waals surface area contributed by atoms with E-state index in [4.69, 9.17) is 0 Å². The van der Waals surface area contributed by atoms with Crippen LogP contribution in [-0.4, -0.2) is 13.6 Å². The molecule has 0 aliphatic rings. The number of nitrogens with one attached hydrogen (secondary N) is 1. The third-order valence-corrected chi connectivity index (χ3v) is 7.28. The predicted octanol–water partition coefficient (Wildman–Crippen LogP) is 10.5. The summed E-state index contributed by atoms with van der Waals surface area (Å²) in [5.74, 6) is 1.36. The zero-order chi connectivity index (χ0) is 27.4. The van der Waals surface area contributed by atoms with Crippen molar-refractivity contribution >= 4 is 27.8 Å². The van der Waals surface area contributed by atoms with E-state index in [9.17, 15) is 0 Å². The van der Waals surface area contributed by atoms with Gasteiger partial charge in [-0.05, 0) is 70.0 Å². The fourth-order valence-corrected chi connectivity index (χ4v) is 5.44. The van der Waals surface area contributed by atoms with Gasteiger partial charge in [0, 0.05) is 24.7 Å². The van der Waals surface area contributed by atoms with E-state index in [-0.39, 0.29) is 0 Å². The van der Waals surface area contributed by atoms with Gasteiger partial charge in [0.05, 0.1) is 11.4 Å². The van der Waals surface area contributed by atoms with Gasteiger partial charge in [0.2, 0.25) is 0 Å². The van der Waals surface area contributed by atoms with E-state index in [0.29, 0.717) is 17.8 Å². The molecule has 0 saturated carbocycles. The molecule has 4 aromatic carbocycles. The average molecular weight is 505 g/mol. The number of benzene rings is 4. The van der Waals surface area contributed by atoms with Gasteiger partial charge in [-0.2, -0.15) is 0 Å². The van der Waals surface area contributed by atoms with Crippen molar-refractivity contribution in [2.24, 2.45) is 5.92 Å². The van der Waals surface area contributed by atoms with Gasteiger partial charge in [0.25, 0.3) is 0 Å². The molecule has 0 unspecified atom stereocenters. The maximum absolute atomic E-state index is 4.39. The summed E-state index contributed by atoms with van der Waals surface area (Å²) in [6.07, 6.45) is 1.04. The fourth-order valence-electron chi connectivity index (χ4n) is 5.44. The first-order chi connectivity index (χ1) is 18.2. The van der Waals surface area contributed by atoms with Crippen molar-refractivity contribution in [1.82, 2.24) is 0 Å². The molecular formula is C36H44N2. The highest BCUT2D eigenvalue weighted by Crippen LogP contribution is 2.42. The second kappa shape index (κ2) is 11.9. The number of nitrogens with zero attached hydrogens (tertiary/aromatic N) is 1. The summed E-state index contributed by atoms with van der Waals surface area (Å²) < 4.78 is 0. The van der Waals surface area contributed by atoms with Crippen molar-refractivity contribution < 1.29 is 0 Å². The Kier molecular flexibility index (Phi) is 8.62. The zero-order valence-corrected chi connectivity index (χ0v) is 24.3. The van der Waals surface area contributed by atoms with Crippen molar-refractivity contribution in [3.63, 3.8) is 0 Å². The number of fused-ring (bicyclic) bond motifs is 1. The third-order valence-electron chi connectivity index (χ3n) is 7.28. The van der Waals surface area contributed by atoms with E-state index in [2.05, 4.69) is 144 Å². The summed E-state index contributed by atoms with van der Waals surface area (Å²) in [4.78, 5) is 2.35. The maximum atomic E-state index is 4.39. The summed E-state index contributed by atoms with van der Waals surface area (Å²) in [5, 5.41) is 6.50. The normalized spacial score (nSPS) is 11.5. The minimum atomic E-state index is 0.376. The van der Waals surface area contributed by atoms with E-state index in [1.807, 2.05) is 0 Å². The molecule has 0 amide bonds. The van der Waals surface area contributed by atoms with E-state index < -0.39 is 0 Å². The highest BCUT2D eigenvalue weighted by molar-refractivity contribution is 6.02. The smallest absolute Gasteiger partial charge is 0.0701 e. The minimum absolute atomic E-state index is 0.376. The van der Waals surface area contributed by atoms with E-state index in [1.165, 1.54) is 55.7 Å². The van der Waals surface area contributed by atoms with Crippen molar-refractivity contribution in [2.75, 3.05) is 23.8 Å². The first kappa shape index (κ1) is 27.5. The first-order valence-electron chi connectivity index (χ1n) is 14.1. The Hall–Kier alpha value is -3.52. The Morgan fingerprint density at radius 1 is 0.737 bits per heavy atom. The van der Waals surface area contributed by atoms with Gasteiger partial charge in [-0.3, -0.25) is 0 Å². The molecule has 4 rings (SSSR count). The minimum Gasteiger partial charge on any atom is -0.369 e. The second-order valence-electron chi connectivity index (χ2n) is 11.7. The largest absolute Gasteiger partial charge is 0.369 e. The van der Waals surface area contributed by atoms with Gasteiger partial charge in [0.15, 0.2) is 0 Å². The first-order valence-corrected chi connectivity index (χ1v) is 14.1. The molecule has 0 saturated heterocycles. The van der Waals surface area contributed by atoms with Gasteiger partial charge in [-0.25, -0.2) is 0 Å². The molecule has 0 aromatic heterocycles. The van der Waals surface area contributed by atoms with Crippen molar-refractivity contribution in [3.8, 4) is 11.1 Å². The van der Waals surface area contributed by atoms with E-state index in [0.717, 1.165) is 13.0 Å². The van der Waals surface area contributed by atoms with Crippen LogP contribution in [0.3, 0.4) is 0 Å². The maximum Gasteiger partial charge on any atom is 0.0701 e. The summed E-state index contributed by atoms with van der Waals surface area (Å²) in [6.45, 7) is 18.9. The summed E-state index contributed by atoms with van der Waals surface area (Å²) in [6, 6.07) is 28.7. The Morgan fingerprint density at radius 2 is 1.34 bits per heavy atom. The number of hydrogen-bond donors (Lipinski definition) is 1. The molecule has 0 spiro atoms. The molecule has 0 radical (unpaired) electrons. The molecule has 2 heteroatoms. The fraction of sp³-hybridized carbons (Fsp3) is 0.333. The van der Waals surface area contributed by atoms with Crippen LogP contribution in [0.4, 0.5) is 17.1 Å². The molecule has 198 valence electrons. The Bertz CT molecular complexity index is 1370. The van der Waals surface area contributed by atoms with Gasteiger partial charge in [-0.1, -0.05) is 114 Å². The Morgan fingerprint density at radius 3 is 1.95 bits per heavy atom. The molecule has 0 fully saturated rings. The number of anilines is 3. The molecule has 0 atom stereocenters. The number of likely N-dealkylation sites (N-methyl/N-ethyl adjacent to an activating group) is 1. The van der Waals surface area contributed by atoms with Crippen LogP contribution in [0.15, 0.2) is 91.0 Å². The lowest BCUT2D eigenvalue weighted by atomic mass is 9.88. The van der Waals surface area contributed by atoms with E-state index >= 15 is 0 Å². The van der Waals surface area contributed by atoms with Crippen molar-refractivity contribution in [2.45, 2.75) is 59.8 Å². The van der Waals surface area contributed by atoms with Gasteiger partial charge in [-0.15, -0.1) is 0 Å². The highest BCUT2D eigenvalue weighted by atomic mass is 15.1. The van der Waals surface area contributed by atoms with Crippen molar-refractivity contribution in [1.29, 1.82) is 0 Å². The quantitative estimate of drug-likeness (QED) is 0.216. The standard InChI is InChI=1S/C36H44N2/c1-24(2)20-27(7)23-38(8)34-19-18-29-16-12-13-17-31(29)36(34)37-35-32(25(3)4)21-30(22-33(35)26(5)6)28-14-10-9-11-15-28/h9-19,21-22,24-26,37H,7,20,23H2,1-6,8H3. The lowest BCUT2D eigenvalue weighted by Crippen LogP contribution is -2.21.